The highest BCUT2D eigenvalue weighted by Gasteiger charge is 2.32. The molecule has 1 fully saturated rings. The minimum atomic E-state index is 0.0475. The molecule has 4 rings (SSSR count). The molecule has 0 N–H and O–H groups in total. The lowest BCUT2D eigenvalue weighted by Crippen LogP contribution is -2.56. The zero-order valence-electron chi connectivity index (χ0n) is 25.5. The smallest absolute Gasteiger partial charge is 0.226 e. The number of hydrogen-bond acceptors (Lipinski definition) is 6. The highest BCUT2D eigenvalue weighted by molar-refractivity contribution is 7.99. The summed E-state index contributed by atoms with van der Waals surface area (Å²) >= 11 is 1.62. The molecule has 2 unspecified atom stereocenters. The van der Waals surface area contributed by atoms with E-state index in [0.29, 0.717) is 32.5 Å². The molecule has 2 atom stereocenters. The highest BCUT2D eigenvalue weighted by Crippen LogP contribution is 2.26. The van der Waals surface area contributed by atoms with Gasteiger partial charge in [-0.05, 0) is 56.0 Å². The molecule has 2 amide bonds. The van der Waals surface area contributed by atoms with Crippen molar-refractivity contribution >= 4 is 23.6 Å². The third kappa shape index (κ3) is 8.15. The summed E-state index contributed by atoms with van der Waals surface area (Å²) in [6.07, 6.45) is 5.92. The summed E-state index contributed by atoms with van der Waals surface area (Å²) in [7, 11) is 1.66. The highest BCUT2D eigenvalue weighted by atomic mass is 32.2. The van der Waals surface area contributed by atoms with Gasteiger partial charge < -0.3 is 14.5 Å². The number of ether oxygens (including phenoxy) is 1. The maximum Gasteiger partial charge on any atom is 0.226 e. The minimum Gasteiger partial charge on any atom is -0.497 e. The van der Waals surface area contributed by atoms with Crippen LogP contribution in [0.25, 0.3) is 5.69 Å². The van der Waals surface area contributed by atoms with E-state index in [1.54, 1.807) is 18.9 Å². The van der Waals surface area contributed by atoms with Crippen molar-refractivity contribution in [3.63, 3.8) is 0 Å². The monoisotopic (exact) mass is 591 g/mol. The molecule has 8 nitrogen and oxygen atoms in total. The van der Waals surface area contributed by atoms with Gasteiger partial charge in [-0.2, -0.15) is 0 Å². The second-order valence-corrected chi connectivity index (χ2v) is 12.1. The molecule has 0 radical (unpaired) electrons. The Balaban J connectivity index is 1.32. The summed E-state index contributed by atoms with van der Waals surface area (Å²) in [6, 6.07) is 18.2. The summed E-state index contributed by atoms with van der Waals surface area (Å²) in [5, 5.41) is 9.87. The van der Waals surface area contributed by atoms with Gasteiger partial charge in [0.1, 0.15) is 11.6 Å². The quantitative estimate of drug-likeness (QED) is 0.169. The first kappa shape index (κ1) is 31.6. The molecule has 0 spiro atoms. The Labute approximate surface area is 254 Å². The van der Waals surface area contributed by atoms with Gasteiger partial charge in [0.2, 0.25) is 11.8 Å². The molecule has 0 bridgehead atoms. The van der Waals surface area contributed by atoms with Crippen LogP contribution in [0.15, 0.2) is 59.8 Å². The first-order valence-electron chi connectivity index (χ1n) is 15.3. The molecule has 9 heteroatoms. The van der Waals surface area contributed by atoms with Crippen LogP contribution in [-0.4, -0.2) is 74.9 Å². The number of carbonyl (C=O) groups excluding carboxylic acids is 2. The van der Waals surface area contributed by atoms with Crippen LogP contribution in [0, 0.1) is 5.92 Å². The molecule has 1 aliphatic rings. The van der Waals surface area contributed by atoms with Crippen molar-refractivity contribution in [3.05, 3.63) is 66.0 Å². The Morgan fingerprint density at radius 2 is 1.79 bits per heavy atom. The maximum atomic E-state index is 13.1. The average Bonchev–Trinajstić information content (AvgIpc) is 3.41. The molecule has 0 saturated carbocycles. The lowest BCUT2D eigenvalue weighted by atomic mass is 9.96. The molecule has 2 aromatic carbocycles. The van der Waals surface area contributed by atoms with Crippen LogP contribution < -0.4 is 4.74 Å². The molecule has 1 aromatic heterocycles. The fraction of sp³-hybridized carbons (Fsp3) is 0.515. The number of carbonyl (C=O) groups is 2. The number of unbranched alkanes of at least 4 members (excludes halogenated alkanes) is 1. The predicted octanol–water partition coefficient (Wildman–Crippen LogP) is 6.01. The lowest BCUT2D eigenvalue weighted by Gasteiger charge is -2.41. The fourth-order valence-corrected chi connectivity index (χ4v) is 6.43. The van der Waals surface area contributed by atoms with Crippen LogP contribution in [0.4, 0.5) is 0 Å². The van der Waals surface area contributed by atoms with Gasteiger partial charge in [0.25, 0.3) is 0 Å². The van der Waals surface area contributed by atoms with Crippen molar-refractivity contribution in [2.75, 3.05) is 32.5 Å². The second kappa shape index (κ2) is 15.8. The van der Waals surface area contributed by atoms with Gasteiger partial charge in [0.05, 0.1) is 7.11 Å². The first-order valence-corrected chi connectivity index (χ1v) is 16.3. The molecule has 2 heterocycles. The molecule has 226 valence electrons. The van der Waals surface area contributed by atoms with E-state index in [-0.39, 0.29) is 23.8 Å². The Kier molecular flexibility index (Phi) is 11.9. The average molecular weight is 592 g/mol. The van der Waals surface area contributed by atoms with E-state index in [1.165, 1.54) is 5.56 Å². The summed E-state index contributed by atoms with van der Waals surface area (Å²) < 4.78 is 7.45. The maximum absolute atomic E-state index is 13.1. The topological polar surface area (TPSA) is 80.6 Å². The number of rotatable bonds is 14. The lowest BCUT2D eigenvalue weighted by molar-refractivity contribution is -0.145. The van der Waals surface area contributed by atoms with Gasteiger partial charge in [-0.15, -0.1) is 10.2 Å². The van der Waals surface area contributed by atoms with E-state index in [1.807, 2.05) is 52.3 Å². The van der Waals surface area contributed by atoms with Crippen LogP contribution in [-0.2, 0) is 16.0 Å². The van der Waals surface area contributed by atoms with Gasteiger partial charge >= 0.3 is 0 Å². The standard InChI is InChI=1S/C33H45N5O3S/c1-5-7-14-27(6-2)32(40)37-21-20-36(24-25(37)3)31(39)15-11-22-42-33-35-34-30(23-26-12-9-8-10-13-26)38(33)28-16-18-29(41-4)19-17-28/h8-10,12-13,16-19,25,27H,5-7,11,14-15,20-24H2,1-4H3. The van der Waals surface area contributed by atoms with Crippen molar-refractivity contribution in [3.8, 4) is 11.4 Å². The van der Waals surface area contributed by atoms with Gasteiger partial charge in [0, 0.05) is 55.9 Å². The third-order valence-corrected chi connectivity index (χ3v) is 9.03. The van der Waals surface area contributed by atoms with Crippen LogP contribution in [0.2, 0.25) is 0 Å². The first-order chi connectivity index (χ1) is 20.4. The fourth-order valence-electron chi connectivity index (χ4n) is 5.52. The van der Waals surface area contributed by atoms with E-state index < -0.39 is 0 Å². The zero-order chi connectivity index (χ0) is 29.9. The number of methoxy groups -OCH3 is 1. The van der Waals surface area contributed by atoms with Crippen LogP contribution in [0.3, 0.4) is 0 Å². The Hall–Kier alpha value is -3.33. The van der Waals surface area contributed by atoms with E-state index in [9.17, 15) is 9.59 Å². The van der Waals surface area contributed by atoms with Crippen molar-refractivity contribution in [1.29, 1.82) is 0 Å². The van der Waals surface area contributed by atoms with Gasteiger partial charge in [-0.25, -0.2) is 0 Å². The SMILES string of the molecule is CCCCC(CC)C(=O)N1CCN(C(=O)CCCSc2nnc(Cc3ccccc3)n2-c2ccc(OC)cc2)CC1C. The number of hydrogen-bond donors (Lipinski definition) is 0. The van der Waals surface area contributed by atoms with E-state index in [4.69, 9.17) is 4.74 Å². The normalized spacial score (nSPS) is 16.0. The minimum absolute atomic E-state index is 0.0475. The van der Waals surface area contributed by atoms with Gasteiger partial charge in [0.15, 0.2) is 5.16 Å². The summed E-state index contributed by atoms with van der Waals surface area (Å²) in [5.74, 6) is 2.94. The number of thioether (sulfide) groups is 1. The predicted molar refractivity (Wildman–Crippen MR) is 168 cm³/mol. The number of aromatic nitrogens is 3. The molecule has 0 aliphatic carbocycles. The van der Waals surface area contributed by atoms with E-state index in [2.05, 4.69) is 47.7 Å². The molecular formula is C33H45N5O3S. The van der Waals surface area contributed by atoms with Crippen molar-refractivity contribution in [2.45, 2.75) is 76.9 Å². The summed E-state index contributed by atoms with van der Waals surface area (Å²) in [4.78, 5) is 30.2. The number of benzene rings is 2. The summed E-state index contributed by atoms with van der Waals surface area (Å²) in [5.41, 5.74) is 2.15. The largest absolute Gasteiger partial charge is 0.497 e. The molecule has 3 aromatic rings. The molecular weight excluding hydrogens is 546 g/mol. The van der Waals surface area contributed by atoms with Crippen molar-refractivity contribution in [2.24, 2.45) is 5.92 Å². The van der Waals surface area contributed by atoms with Gasteiger partial charge in [-0.3, -0.25) is 14.2 Å². The summed E-state index contributed by atoms with van der Waals surface area (Å²) in [6.45, 7) is 8.18. The Morgan fingerprint density at radius 1 is 1.02 bits per heavy atom. The number of piperazine rings is 1. The van der Waals surface area contributed by atoms with E-state index >= 15 is 0 Å². The molecule has 1 aliphatic heterocycles. The van der Waals surface area contributed by atoms with Crippen LogP contribution in [0.5, 0.6) is 5.75 Å². The Bertz CT molecular complexity index is 1280. The van der Waals surface area contributed by atoms with Crippen LogP contribution >= 0.6 is 11.8 Å². The third-order valence-electron chi connectivity index (χ3n) is 8.01. The van der Waals surface area contributed by atoms with Gasteiger partial charge in [-0.1, -0.05) is 68.8 Å². The Morgan fingerprint density at radius 3 is 2.45 bits per heavy atom. The van der Waals surface area contributed by atoms with Crippen LogP contribution in [0.1, 0.15) is 70.7 Å². The second-order valence-electron chi connectivity index (χ2n) is 11.0. The number of nitrogens with zero attached hydrogens (tertiary/aromatic N) is 5. The molecule has 1 saturated heterocycles. The number of amides is 2. The van der Waals surface area contributed by atoms with E-state index in [0.717, 1.165) is 60.3 Å². The van der Waals surface area contributed by atoms with Crippen molar-refractivity contribution < 1.29 is 14.3 Å². The molecule has 42 heavy (non-hydrogen) atoms. The van der Waals surface area contributed by atoms with Crippen molar-refractivity contribution in [1.82, 2.24) is 24.6 Å². The zero-order valence-corrected chi connectivity index (χ0v) is 26.3.